The number of aryl methyl sites for hydroxylation is 1. The van der Waals surface area contributed by atoms with Crippen LogP contribution in [0.1, 0.15) is 56.1 Å². The van der Waals surface area contributed by atoms with Gasteiger partial charge in [-0.15, -0.1) is 0 Å². The predicted octanol–water partition coefficient (Wildman–Crippen LogP) is 4.12. The first-order valence-electron chi connectivity index (χ1n) is 8.33. The van der Waals surface area contributed by atoms with Gasteiger partial charge in [-0.2, -0.15) is 0 Å². The highest BCUT2D eigenvalue weighted by atomic mass is 16.5. The molecular formula is C19H24O2. The Kier molecular flexibility index (Phi) is 2.92. The second kappa shape index (κ2) is 4.59. The van der Waals surface area contributed by atoms with Crippen LogP contribution in [0.3, 0.4) is 0 Å². The van der Waals surface area contributed by atoms with Gasteiger partial charge < -0.3 is 4.74 Å². The van der Waals surface area contributed by atoms with E-state index < -0.39 is 0 Å². The van der Waals surface area contributed by atoms with Gasteiger partial charge in [-0.3, -0.25) is 4.79 Å². The van der Waals surface area contributed by atoms with Gasteiger partial charge in [0.2, 0.25) is 0 Å². The van der Waals surface area contributed by atoms with Crippen molar-refractivity contribution in [1.29, 1.82) is 0 Å². The van der Waals surface area contributed by atoms with E-state index in [-0.39, 0.29) is 5.41 Å². The molecule has 2 saturated carbocycles. The van der Waals surface area contributed by atoms with Crippen LogP contribution in [0.15, 0.2) is 18.2 Å². The maximum atomic E-state index is 12.3. The van der Waals surface area contributed by atoms with Gasteiger partial charge in [0.1, 0.15) is 11.5 Å². The van der Waals surface area contributed by atoms with Crippen molar-refractivity contribution in [3.05, 3.63) is 29.3 Å². The van der Waals surface area contributed by atoms with Crippen LogP contribution < -0.4 is 4.74 Å². The van der Waals surface area contributed by atoms with Gasteiger partial charge in [-0.1, -0.05) is 13.0 Å². The second-order valence-corrected chi connectivity index (χ2v) is 7.40. The number of rotatable bonds is 1. The van der Waals surface area contributed by atoms with Crippen molar-refractivity contribution in [3.63, 3.8) is 0 Å². The number of carbonyl (C=O) groups excluding carboxylic acids is 1. The topological polar surface area (TPSA) is 26.3 Å². The maximum absolute atomic E-state index is 12.3. The van der Waals surface area contributed by atoms with Crippen LogP contribution in [0.5, 0.6) is 5.75 Å². The lowest BCUT2D eigenvalue weighted by molar-refractivity contribution is -0.129. The summed E-state index contributed by atoms with van der Waals surface area (Å²) in [6.07, 6.45) is 6.61. The maximum Gasteiger partial charge on any atom is 0.139 e. The molecule has 0 heterocycles. The highest BCUT2D eigenvalue weighted by Crippen LogP contribution is 2.59. The van der Waals surface area contributed by atoms with E-state index in [1.807, 2.05) is 0 Å². The van der Waals surface area contributed by atoms with Crippen LogP contribution in [0.25, 0.3) is 0 Å². The van der Waals surface area contributed by atoms with Crippen molar-refractivity contribution in [1.82, 2.24) is 0 Å². The lowest BCUT2D eigenvalue weighted by Crippen LogP contribution is -2.42. The first-order chi connectivity index (χ1) is 10.1. The van der Waals surface area contributed by atoms with E-state index in [0.717, 1.165) is 37.4 Å². The fraction of sp³-hybridized carbons (Fsp3) is 0.632. The molecule has 0 bridgehead atoms. The third kappa shape index (κ3) is 1.81. The van der Waals surface area contributed by atoms with Crippen molar-refractivity contribution >= 4 is 5.78 Å². The highest BCUT2D eigenvalue weighted by molar-refractivity contribution is 5.87. The van der Waals surface area contributed by atoms with Gasteiger partial charge >= 0.3 is 0 Å². The SMILES string of the molecule is COc1ccc2c(c1)CC[C@H]1[C@H]2CC[C@@]2(C)C(=O)CC[C@@H]12. The second-order valence-electron chi connectivity index (χ2n) is 7.40. The molecule has 1 aromatic rings. The molecule has 112 valence electrons. The third-order valence-electron chi connectivity index (χ3n) is 6.64. The number of ether oxygens (including phenoxy) is 1. The highest BCUT2D eigenvalue weighted by Gasteiger charge is 2.54. The molecule has 3 aliphatic rings. The number of hydrogen-bond acceptors (Lipinski definition) is 2. The Labute approximate surface area is 126 Å². The van der Waals surface area contributed by atoms with E-state index in [1.165, 1.54) is 24.0 Å². The standard InChI is InChI=1S/C19H24O2/c1-19-10-9-15-14-6-4-13(21-2)11-12(14)3-5-16(15)17(19)7-8-18(19)20/h4,6,11,15-17H,3,5,7-10H2,1-2H3/t15-,16-,17-,19+/m0/s1. The normalized spacial score (nSPS) is 37.6. The average molecular weight is 284 g/mol. The quantitative estimate of drug-likeness (QED) is 0.775. The predicted molar refractivity (Wildman–Crippen MR) is 82.6 cm³/mol. The average Bonchev–Trinajstić information content (AvgIpc) is 2.82. The molecular weight excluding hydrogens is 260 g/mol. The van der Waals surface area contributed by atoms with Crippen molar-refractivity contribution in [2.24, 2.45) is 17.3 Å². The summed E-state index contributed by atoms with van der Waals surface area (Å²) in [7, 11) is 1.74. The zero-order valence-electron chi connectivity index (χ0n) is 13.0. The molecule has 0 radical (unpaired) electrons. The molecule has 0 aromatic heterocycles. The Hall–Kier alpha value is -1.31. The third-order valence-corrected chi connectivity index (χ3v) is 6.64. The number of methoxy groups -OCH3 is 1. The Bertz CT molecular complexity index is 591. The summed E-state index contributed by atoms with van der Waals surface area (Å²) < 4.78 is 5.37. The number of ketones is 1. The smallest absolute Gasteiger partial charge is 0.139 e. The first-order valence-corrected chi connectivity index (χ1v) is 8.33. The molecule has 1 aromatic carbocycles. The van der Waals surface area contributed by atoms with Gasteiger partial charge in [0.25, 0.3) is 0 Å². The van der Waals surface area contributed by atoms with E-state index >= 15 is 0 Å². The molecule has 0 N–H and O–H groups in total. The monoisotopic (exact) mass is 284 g/mol. The van der Waals surface area contributed by atoms with Crippen LogP contribution in [0, 0.1) is 17.3 Å². The molecule has 0 spiro atoms. The number of benzene rings is 1. The largest absolute Gasteiger partial charge is 0.497 e. The Balaban J connectivity index is 1.70. The minimum absolute atomic E-state index is 0.00879. The fourth-order valence-electron chi connectivity index (χ4n) is 5.46. The van der Waals surface area contributed by atoms with Crippen molar-refractivity contribution in [2.75, 3.05) is 7.11 Å². The molecule has 0 aliphatic heterocycles. The molecule has 0 amide bonds. The molecule has 2 nitrogen and oxygen atoms in total. The van der Waals surface area contributed by atoms with Crippen molar-refractivity contribution in [3.8, 4) is 5.75 Å². The van der Waals surface area contributed by atoms with Gasteiger partial charge in [-0.25, -0.2) is 0 Å². The minimum atomic E-state index is -0.00879. The lowest BCUT2D eigenvalue weighted by Gasteiger charge is -2.48. The summed E-state index contributed by atoms with van der Waals surface area (Å²) in [4.78, 5) is 12.3. The first kappa shape index (κ1) is 13.4. The molecule has 21 heavy (non-hydrogen) atoms. The summed E-state index contributed by atoms with van der Waals surface area (Å²) >= 11 is 0. The number of fused-ring (bicyclic) bond motifs is 5. The van der Waals surface area contributed by atoms with E-state index in [1.54, 1.807) is 7.11 Å². The van der Waals surface area contributed by atoms with Gasteiger partial charge in [0.15, 0.2) is 0 Å². The van der Waals surface area contributed by atoms with Crippen LogP contribution >= 0.6 is 0 Å². The van der Waals surface area contributed by atoms with Crippen molar-refractivity contribution in [2.45, 2.75) is 51.4 Å². The lowest BCUT2D eigenvalue weighted by atomic mass is 9.55. The van der Waals surface area contributed by atoms with Crippen LogP contribution in [0.4, 0.5) is 0 Å². The Morgan fingerprint density at radius 2 is 2.05 bits per heavy atom. The Morgan fingerprint density at radius 1 is 1.19 bits per heavy atom. The van der Waals surface area contributed by atoms with Crippen LogP contribution in [-0.4, -0.2) is 12.9 Å². The summed E-state index contributed by atoms with van der Waals surface area (Å²) in [5.74, 6) is 3.52. The fourth-order valence-corrected chi connectivity index (χ4v) is 5.46. The summed E-state index contributed by atoms with van der Waals surface area (Å²) in [6.45, 7) is 2.24. The number of Topliss-reactive ketones (excluding diaryl/α,β-unsaturated/α-hetero) is 1. The van der Waals surface area contributed by atoms with Gasteiger partial charge in [0.05, 0.1) is 7.11 Å². The van der Waals surface area contributed by atoms with E-state index in [4.69, 9.17) is 4.74 Å². The van der Waals surface area contributed by atoms with E-state index in [9.17, 15) is 4.79 Å². The molecule has 2 heteroatoms. The molecule has 4 rings (SSSR count). The summed E-state index contributed by atoms with van der Waals surface area (Å²) in [5, 5.41) is 0. The number of carbonyl (C=O) groups is 1. The summed E-state index contributed by atoms with van der Waals surface area (Å²) in [6, 6.07) is 6.61. The Morgan fingerprint density at radius 3 is 2.86 bits per heavy atom. The molecule has 0 unspecified atom stereocenters. The van der Waals surface area contributed by atoms with Gasteiger partial charge in [-0.05, 0) is 73.1 Å². The van der Waals surface area contributed by atoms with E-state index in [0.29, 0.717) is 17.6 Å². The molecule has 2 fully saturated rings. The zero-order valence-corrected chi connectivity index (χ0v) is 13.0. The summed E-state index contributed by atoms with van der Waals surface area (Å²) in [5.41, 5.74) is 3.00. The van der Waals surface area contributed by atoms with Crippen LogP contribution in [0.2, 0.25) is 0 Å². The molecule has 0 saturated heterocycles. The molecule has 3 aliphatic carbocycles. The zero-order chi connectivity index (χ0) is 14.6. The van der Waals surface area contributed by atoms with Gasteiger partial charge in [0, 0.05) is 11.8 Å². The molecule has 4 atom stereocenters. The van der Waals surface area contributed by atoms with Crippen LogP contribution in [-0.2, 0) is 11.2 Å². The van der Waals surface area contributed by atoms with Crippen molar-refractivity contribution < 1.29 is 9.53 Å². The minimum Gasteiger partial charge on any atom is -0.497 e. The number of hydrogen-bond donors (Lipinski definition) is 0. The van der Waals surface area contributed by atoms with E-state index in [2.05, 4.69) is 25.1 Å².